The van der Waals surface area contributed by atoms with Crippen LogP contribution in [0.3, 0.4) is 0 Å². The van der Waals surface area contributed by atoms with Gasteiger partial charge in [-0.3, -0.25) is 0 Å². The molecule has 0 spiro atoms. The fraction of sp³-hybridized carbons (Fsp3) is 0.467. The van der Waals surface area contributed by atoms with Gasteiger partial charge in [-0.25, -0.2) is 9.78 Å². The van der Waals surface area contributed by atoms with Crippen LogP contribution in [0.1, 0.15) is 36.5 Å². The first-order valence-corrected chi connectivity index (χ1v) is 7.08. The highest BCUT2D eigenvalue weighted by atomic mass is 16.4. The Bertz CT molecular complexity index is 588. The van der Waals surface area contributed by atoms with Crippen molar-refractivity contribution in [3.63, 3.8) is 0 Å². The van der Waals surface area contributed by atoms with E-state index < -0.39 is 5.97 Å². The number of carboxylic acid groups (broad SMARTS) is 1. The number of nitrogens with one attached hydrogen (secondary N) is 1. The van der Waals surface area contributed by atoms with Crippen LogP contribution in [0.2, 0.25) is 0 Å². The number of nitrogens with zero attached hydrogens (tertiary/aromatic N) is 2. The number of carboxylic acids is 1. The van der Waals surface area contributed by atoms with E-state index in [1.54, 1.807) is 18.2 Å². The molecule has 1 heterocycles. The van der Waals surface area contributed by atoms with Crippen molar-refractivity contribution in [3.05, 3.63) is 29.6 Å². The third kappa shape index (κ3) is 3.36. The van der Waals surface area contributed by atoms with Crippen LogP contribution in [-0.4, -0.2) is 45.6 Å². The van der Waals surface area contributed by atoms with Crippen LogP contribution < -0.4 is 0 Å². The molecule has 108 valence electrons. The van der Waals surface area contributed by atoms with Crippen LogP contribution >= 0.6 is 0 Å². The molecule has 0 fully saturated rings. The molecular formula is C15H21N3O2. The number of aryl methyl sites for hydroxylation is 1. The summed E-state index contributed by atoms with van der Waals surface area (Å²) < 4.78 is 0. The SMILES string of the molecule is CCN(CC)CCCc1nc2ccc(C(=O)O)cc2[nH]1. The van der Waals surface area contributed by atoms with E-state index in [-0.39, 0.29) is 5.56 Å². The Hall–Kier alpha value is -1.88. The Balaban J connectivity index is 2.02. The maximum absolute atomic E-state index is 10.9. The summed E-state index contributed by atoms with van der Waals surface area (Å²) in [6, 6.07) is 4.98. The Labute approximate surface area is 118 Å². The van der Waals surface area contributed by atoms with E-state index in [0.717, 1.165) is 49.3 Å². The van der Waals surface area contributed by atoms with Gasteiger partial charge in [-0.05, 0) is 44.3 Å². The summed E-state index contributed by atoms with van der Waals surface area (Å²) in [5.41, 5.74) is 1.91. The molecule has 0 aliphatic heterocycles. The normalized spacial score (nSPS) is 11.3. The maximum Gasteiger partial charge on any atom is 0.335 e. The average Bonchev–Trinajstić information content (AvgIpc) is 2.85. The molecule has 1 aromatic carbocycles. The molecule has 20 heavy (non-hydrogen) atoms. The second-order valence-electron chi connectivity index (χ2n) is 4.85. The van der Waals surface area contributed by atoms with E-state index in [2.05, 4.69) is 28.7 Å². The van der Waals surface area contributed by atoms with Crippen LogP contribution in [0.15, 0.2) is 18.2 Å². The van der Waals surface area contributed by atoms with E-state index in [4.69, 9.17) is 5.11 Å². The largest absolute Gasteiger partial charge is 0.478 e. The number of H-pyrrole nitrogens is 1. The average molecular weight is 275 g/mol. The van der Waals surface area contributed by atoms with E-state index in [0.29, 0.717) is 0 Å². The van der Waals surface area contributed by atoms with Gasteiger partial charge in [-0.1, -0.05) is 13.8 Å². The van der Waals surface area contributed by atoms with Crippen LogP contribution in [0.4, 0.5) is 0 Å². The van der Waals surface area contributed by atoms with Crippen LogP contribution in [0, 0.1) is 0 Å². The van der Waals surface area contributed by atoms with Gasteiger partial charge in [-0.15, -0.1) is 0 Å². The van der Waals surface area contributed by atoms with Crippen molar-refractivity contribution in [1.29, 1.82) is 0 Å². The van der Waals surface area contributed by atoms with Gasteiger partial charge >= 0.3 is 5.97 Å². The molecule has 0 radical (unpaired) electrons. The number of carbonyl (C=O) groups is 1. The third-order valence-electron chi connectivity index (χ3n) is 3.56. The van der Waals surface area contributed by atoms with Crippen LogP contribution in [0.5, 0.6) is 0 Å². The van der Waals surface area contributed by atoms with Crippen molar-refractivity contribution in [2.45, 2.75) is 26.7 Å². The Kier molecular flexibility index (Phi) is 4.74. The molecule has 0 saturated carbocycles. The third-order valence-corrected chi connectivity index (χ3v) is 3.56. The lowest BCUT2D eigenvalue weighted by molar-refractivity contribution is 0.0697. The van der Waals surface area contributed by atoms with E-state index in [9.17, 15) is 4.79 Å². The van der Waals surface area contributed by atoms with Gasteiger partial charge in [0.25, 0.3) is 0 Å². The lowest BCUT2D eigenvalue weighted by atomic mass is 10.2. The van der Waals surface area contributed by atoms with Crippen LogP contribution in [0.25, 0.3) is 11.0 Å². The summed E-state index contributed by atoms with van der Waals surface area (Å²) in [7, 11) is 0. The predicted octanol–water partition coefficient (Wildman–Crippen LogP) is 2.54. The number of hydrogen-bond donors (Lipinski definition) is 2. The summed E-state index contributed by atoms with van der Waals surface area (Å²) in [6.07, 6.45) is 1.93. The molecule has 2 N–H and O–H groups in total. The topological polar surface area (TPSA) is 69.2 Å². The highest BCUT2D eigenvalue weighted by Crippen LogP contribution is 2.14. The first kappa shape index (κ1) is 14.5. The Morgan fingerprint density at radius 2 is 2.10 bits per heavy atom. The first-order chi connectivity index (χ1) is 9.63. The zero-order chi connectivity index (χ0) is 14.5. The molecule has 0 aliphatic rings. The van der Waals surface area contributed by atoms with Gasteiger partial charge in [0.2, 0.25) is 0 Å². The second kappa shape index (κ2) is 6.52. The summed E-state index contributed by atoms with van der Waals surface area (Å²) >= 11 is 0. The highest BCUT2D eigenvalue weighted by molar-refractivity contribution is 5.92. The molecule has 0 saturated heterocycles. The minimum absolute atomic E-state index is 0.288. The summed E-state index contributed by atoms with van der Waals surface area (Å²) in [6.45, 7) is 7.53. The zero-order valence-electron chi connectivity index (χ0n) is 12.0. The van der Waals surface area contributed by atoms with Gasteiger partial charge in [0.1, 0.15) is 5.82 Å². The number of benzene rings is 1. The van der Waals surface area contributed by atoms with E-state index in [1.807, 2.05) is 0 Å². The van der Waals surface area contributed by atoms with Gasteiger partial charge in [0.05, 0.1) is 16.6 Å². The second-order valence-corrected chi connectivity index (χ2v) is 4.85. The number of imidazole rings is 1. The van der Waals surface area contributed by atoms with Crippen LogP contribution in [-0.2, 0) is 6.42 Å². The lowest BCUT2D eigenvalue weighted by Crippen LogP contribution is -2.24. The Morgan fingerprint density at radius 1 is 1.35 bits per heavy atom. The molecule has 0 aliphatic carbocycles. The zero-order valence-corrected chi connectivity index (χ0v) is 12.0. The summed E-state index contributed by atoms with van der Waals surface area (Å²) in [5.74, 6) is 0.0132. The summed E-state index contributed by atoms with van der Waals surface area (Å²) in [5, 5.41) is 8.97. The molecule has 5 heteroatoms. The van der Waals surface area contributed by atoms with Gasteiger partial charge in [0.15, 0.2) is 0 Å². The first-order valence-electron chi connectivity index (χ1n) is 7.08. The molecular weight excluding hydrogens is 254 g/mol. The van der Waals surface area contributed by atoms with Gasteiger partial charge in [0, 0.05) is 6.42 Å². The number of aromatic carboxylic acids is 1. The predicted molar refractivity (Wildman–Crippen MR) is 79.2 cm³/mol. The number of fused-ring (bicyclic) bond motifs is 1. The van der Waals surface area contributed by atoms with Crippen molar-refractivity contribution in [2.24, 2.45) is 0 Å². The van der Waals surface area contributed by atoms with Crippen molar-refractivity contribution < 1.29 is 9.90 Å². The molecule has 0 bridgehead atoms. The van der Waals surface area contributed by atoms with Crippen molar-refractivity contribution in [1.82, 2.24) is 14.9 Å². The minimum atomic E-state index is -0.912. The monoisotopic (exact) mass is 275 g/mol. The highest BCUT2D eigenvalue weighted by Gasteiger charge is 2.08. The lowest BCUT2D eigenvalue weighted by Gasteiger charge is -2.16. The molecule has 0 amide bonds. The number of aromatic nitrogens is 2. The minimum Gasteiger partial charge on any atom is -0.478 e. The quantitative estimate of drug-likeness (QED) is 0.814. The standard InChI is InChI=1S/C15H21N3O2/c1-3-18(4-2)9-5-6-14-16-12-8-7-11(15(19)20)10-13(12)17-14/h7-8,10H,3-6,9H2,1-2H3,(H,16,17)(H,19,20). The number of aromatic amines is 1. The number of hydrogen-bond acceptors (Lipinski definition) is 3. The fourth-order valence-corrected chi connectivity index (χ4v) is 2.32. The molecule has 0 atom stereocenters. The summed E-state index contributed by atoms with van der Waals surface area (Å²) in [4.78, 5) is 21.0. The fourth-order valence-electron chi connectivity index (χ4n) is 2.32. The van der Waals surface area contributed by atoms with Crippen molar-refractivity contribution in [2.75, 3.05) is 19.6 Å². The van der Waals surface area contributed by atoms with Crippen molar-refractivity contribution in [3.8, 4) is 0 Å². The molecule has 2 rings (SSSR count). The molecule has 2 aromatic rings. The molecule has 5 nitrogen and oxygen atoms in total. The Morgan fingerprint density at radius 3 is 2.75 bits per heavy atom. The van der Waals surface area contributed by atoms with Gasteiger partial charge in [-0.2, -0.15) is 0 Å². The van der Waals surface area contributed by atoms with E-state index in [1.165, 1.54) is 0 Å². The maximum atomic E-state index is 10.9. The smallest absolute Gasteiger partial charge is 0.335 e. The van der Waals surface area contributed by atoms with E-state index >= 15 is 0 Å². The molecule has 0 unspecified atom stereocenters. The van der Waals surface area contributed by atoms with Gasteiger partial charge < -0.3 is 15.0 Å². The van der Waals surface area contributed by atoms with Crippen molar-refractivity contribution >= 4 is 17.0 Å². The number of rotatable bonds is 7. The molecule has 1 aromatic heterocycles.